The summed E-state index contributed by atoms with van der Waals surface area (Å²) in [6.45, 7) is 13.5. The van der Waals surface area contributed by atoms with Crippen molar-refractivity contribution in [2.45, 2.75) is 46.2 Å². The lowest BCUT2D eigenvalue weighted by Gasteiger charge is -2.40. The second-order valence-corrected chi connectivity index (χ2v) is 11.0. The van der Waals surface area contributed by atoms with Crippen LogP contribution in [0.2, 0.25) is 5.02 Å². The van der Waals surface area contributed by atoms with Gasteiger partial charge in [0.05, 0.1) is 5.02 Å². The van der Waals surface area contributed by atoms with Crippen molar-refractivity contribution in [3.05, 3.63) is 87.6 Å². The third-order valence-electron chi connectivity index (χ3n) is 8.26. The standard InChI is InChI=1S/C31H32ClN6O2/c1-6-21-12-13-33-26-20(5)37-28(22-11-9-8-10-18(22)3)24(32)16-23-29(34-31(40)38(27(21)26)30(23)37)36-15-14-35(17-19(36)4)25(39)7-2/h7-13,16,19-20H,2,6,14-15,17H2,1,3-5H3/q+1/t19-,20?/m0/s1. The Hall–Kier alpha value is -4.04. The Balaban J connectivity index is 1.69. The van der Waals surface area contributed by atoms with Crippen molar-refractivity contribution in [2.24, 2.45) is 0 Å². The summed E-state index contributed by atoms with van der Waals surface area (Å²) in [7, 11) is 0. The number of aryl methyl sites for hydroxylation is 2. The normalized spacial score (nSPS) is 18.1. The molecule has 0 bridgehead atoms. The molecule has 3 aromatic heterocycles. The Morgan fingerprint density at radius 3 is 2.70 bits per heavy atom. The topological polar surface area (TPSA) is 75.2 Å². The first-order chi connectivity index (χ1) is 19.3. The summed E-state index contributed by atoms with van der Waals surface area (Å²) in [5.41, 5.74) is 5.97. The molecule has 8 nitrogen and oxygen atoms in total. The van der Waals surface area contributed by atoms with E-state index in [1.807, 2.05) is 37.4 Å². The van der Waals surface area contributed by atoms with Gasteiger partial charge in [-0.15, -0.1) is 4.57 Å². The summed E-state index contributed by atoms with van der Waals surface area (Å²) in [5.74, 6) is 0.488. The van der Waals surface area contributed by atoms with Gasteiger partial charge in [-0.1, -0.05) is 49.4 Å². The van der Waals surface area contributed by atoms with E-state index in [2.05, 4.69) is 53.9 Å². The Morgan fingerprint density at radius 1 is 1.23 bits per heavy atom. The van der Waals surface area contributed by atoms with Crippen LogP contribution in [0.4, 0.5) is 5.82 Å². The predicted octanol–water partition coefficient (Wildman–Crippen LogP) is 4.41. The summed E-state index contributed by atoms with van der Waals surface area (Å²) in [6, 6.07) is 11.8. The van der Waals surface area contributed by atoms with Crippen LogP contribution in [-0.2, 0) is 11.2 Å². The minimum atomic E-state index is -0.359. The number of halogens is 1. The number of carbonyl (C=O) groups excluding carboxylic acids is 1. The number of hydrogen-bond acceptors (Lipinski definition) is 5. The molecule has 1 aromatic carbocycles. The number of benzene rings is 1. The number of amides is 1. The first kappa shape index (κ1) is 26.2. The van der Waals surface area contributed by atoms with Gasteiger partial charge in [-0.3, -0.25) is 9.78 Å². The lowest BCUT2D eigenvalue weighted by atomic mass is 9.99. The maximum Gasteiger partial charge on any atom is 0.442 e. The molecule has 2 aliphatic rings. The fraction of sp³-hybridized carbons (Fsp3) is 0.323. The van der Waals surface area contributed by atoms with Crippen molar-refractivity contribution in [2.75, 3.05) is 24.5 Å². The molecule has 1 saturated heterocycles. The van der Waals surface area contributed by atoms with Gasteiger partial charge < -0.3 is 9.80 Å². The number of anilines is 1. The zero-order valence-corrected chi connectivity index (χ0v) is 23.9. The molecular formula is C31H32ClN6O2+. The van der Waals surface area contributed by atoms with E-state index in [-0.39, 0.29) is 23.7 Å². The first-order valence-electron chi connectivity index (χ1n) is 13.7. The molecule has 204 valence electrons. The third kappa shape index (κ3) is 3.84. The molecule has 4 aromatic rings. The molecule has 0 aliphatic carbocycles. The first-order valence-corrected chi connectivity index (χ1v) is 14.1. The number of nitrogens with zero attached hydrogens (tertiary/aromatic N) is 6. The number of pyridine rings is 2. The molecule has 9 heteroatoms. The zero-order valence-electron chi connectivity index (χ0n) is 23.2. The highest BCUT2D eigenvalue weighted by atomic mass is 35.5. The third-order valence-corrected chi connectivity index (χ3v) is 8.55. The van der Waals surface area contributed by atoms with Crippen molar-refractivity contribution in [3.8, 4) is 16.9 Å². The molecule has 1 unspecified atom stereocenters. The van der Waals surface area contributed by atoms with Gasteiger partial charge in [0.25, 0.3) is 0 Å². The van der Waals surface area contributed by atoms with E-state index in [4.69, 9.17) is 16.6 Å². The predicted molar refractivity (Wildman–Crippen MR) is 157 cm³/mol. The maximum absolute atomic E-state index is 14.0. The smallest absolute Gasteiger partial charge is 0.349 e. The van der Waals surface area contributed by atoms with Crippen molar-refractivity contribution >= 4 is 34.4 Å². The molecule has 0 spiro atoms. The van der Waals surface area contributed by atoms with Crippen molar-refractivity contribution in [1.29, 1.82) is 0 Å². The van der Waals surface area contributed by atoms with Gasteiger partial charge >= 0.3 is 11.3 Å². The Bertz CT molecular complexity index is 1760. The SMILES string of the molecule is C=CC(=O)N1CCN(c2nc(=O)n3c4c2cc(Cl)c(-c2ccccc2C)[n+]4C(C)c2nccc(CC)c2-3)[C@@H](C)C1. The molecule has 0 N–H and O–H groups in total. The molecule has 2 atom stereocenters. The number of hydrogen-bond donors (Lipinski definition) is 0. The highest BCUT2D eigenvalue weighted by Gasteiger charge is 2.41. The van der Waals surface area contributed by atoms with E-state index in [9.17, 15) is 9.59 Å². The van der Waals surface area contributed by atoms with Crippen molar-refractivity contribution in [3.63, 3.8) is 0 Å². The molecule has 1 amide bonds. The van der Waals surface area contributed by atoms with Crippen LogP contribution in [0.3, 0.4) is 0 Å². The van der Waals surface area contributed by atoms with Crippen LogP contribution >= 0.6 is 11.6 Å². The summed E-state index contributed by atoms with van der Waals surface area (Å²) >= 11 is 7.15. The number of piperazine rings is 1. The van der Waals surface area contributed by atoms with Crippen LogP contribution in [0.5, 0.6) is 0 Å². The van der Waals surface area contributed by atoms with Gasteiger partial charge in [0.2, 0.25) is 5.91 Å². The fourth-order valence-corrected chi connectivity index (χ4v) is 6.58. The van der Waals surface area contributed by atoms with E-state index >= 15 is 0 Å². The summed E-state index contributed by atoms with van der Waals surface area (Å²) < 4.78 is 3.88. The molecule has 5 heterocycles. The van der Waals surface area contributed by atoms with E-state index in [0.29, 0.717) is 30.5 Å². The van der Waals surface area contributed by atoms with Crippen molar-refractivity contribution in [1.82, 2.24) is 19.4 Å². The molecular weight excluding hydrogens is 524 g/mol. The average Bonchev–Trinajstić information content (AvgIpc) is 2.95. The monoisotopic (exact) mass is 555 g/mol. The van der Waals surface area contributed by atoms with E-state index < -0.39 is 0 Å². The Morgan fingerprint density at radius 2 is 2.00 bits per heavy atom. The van der Waals surface area contributed by atoms with Crippen LogP contribution < -0.4 is 15.2 Å². The molecule has 40 heavy (non-hydrogen) atoms. The van der Waals surface area contributed by atoms with Gasteiger partial charge in [-0.05, 0) is 51.0 Å². The highest BCUT2D eigenvalue weighted by molar-refractivity contribution is 6.33. The summed E-state index contributed by atoms with van der Waals surface area (Å²) in [5, 5.41) is 1.37. The summed E-state index contributed by atoms with van der Waals surface area (Å²) in [6.07, 6.45) is 3.91. The lowest BCUT2D eigenvalue weighted by Crippen LogP contribution is -2.55. The number of rotatable bonds is 4. The Labute approximate surface area is 238 Å². The van der Waals surface area contributed by atoms with Crippen molar-refractivity contribution < 1.29 is 9.36 Å². The average molecular weight is 556 g/mol. The van der Waals surface area contributed by atoms with E-state index in [1.165, 1.54) is 6.08 Å². The molecule has 1 fully saturated rings. The molecule has 0 saturated carbocycles. The minimum absolute atomic E-state index is 0.0626. The van der Waals surface area contributed by atoms with Gasteiger partial charge in [-0.2, -0.15) is 4.98 Å². The summed E-state index contributed by atoms with van der Waals surface area (Å²) in [4.78, 5) is 39.7. The fourth-order valence-electron chi connectivity index (χ4n) is 6.27. The largest absolute Gasteiger partial charge is 0.442 e. The second kappa shape index (κ2) is 9.86. The van der Waals surface area contributed by atoms with Crippen LogP contribution in [0.1, 0.15) is 43.6 Å². The quantitative estimate of drug-likeness (QED) is 0.275. The van der Waals surface area contributed by atoms with Gasteiger partial charge in [-0.25, -0.2) is 9.36 Å². The van der Waals surface area contributed by atoms with Crippen LogP contribution in [0, 0.1) is 6.92 Å². The van der Waals surface area contributed by atoms with Crippen LogP contribution in [-0.4, -0.2) is 51.0 Å². The Kier molecular flexibility index (Phi) is 6.45. The van der Waals surface area contributed by atoms with Crippen LogP contribution in [0.25, 0.3) is 28.0 Å². The van der Waals surface area contributed by atoms with Crippen LogP contribution in [0.15, 0.2) is 60.0 Å². The number of aromatic nitrogens is 4. The number of fused-ring (bicyclic) bond motifs is 2. The van der Waals surface area contributed by atoms with Gasteiger partial charge in [0.1, 0.15) is 17.1 Å². The number of carbonyl (C=O) groups is 1. The lowest BCUT2D eigenvalue weighted by molar-refractivity contribution is -0.679. The van der Waals surface area contributed by atoms with E-state index in [1.54, 1.807) is 9.47 Å². The van der Waals surface area contributed by atoms with Gasteiger partial charge in [0.15, 0.2) is 17.2 Å². The highest BCUT2D eigenvalue weighted by Crippen LogP contribution is 2.39. The minimum Gasteiger partial charge on any atom is -0.349 e. The molecule has 2 aliphatic heterocycles. The molecule has 0 radical (unpaired) electrons. The second-order valence-electron chi connectivity index (χ2n) is 10.6. The van der Waals surface area contributed by atoms with E-state index in [0.717, 1.165) is 51.2 Å². The maximum atomic E-state index is 14.0. The zero-order chi connectivity index (χ0) is 28.3. The van der Waals surface area contributed by atoms with Gasteiger partial charge in [0, 0.05) is 43.0 Å². The molecule has 6 rings (SSSR count).